The molecule has 1 aliphatic rings. The van der Waals surface area contributed by atoms with Crippen molar-refractivity contribution in [1.82, 2.24) is 0 Å². The predicted octanol–water partition coefficient (Wildman–Crippen LogP) is 1.67. The molecule has 1 rings (SSSR count). The number of nitriles is 2. The molecule has 1 saturated heterocycles. The van der Waals surface area contributed by atoms with Crippen LogP contribution in [-0.4, -0.2) is 18.0 Å². The molecule has 0 aliphatic carbocycles. The Morgan fingerprint density at radius 2 is 1.40 bits per heavy atom. The minimum absolute atomic E-state index is 0.316. The van der Waals surface area contributed by atoms with Crippen molar-refractivity contribution in [3.63, 3.8) is 0 Å². The number of allylic oxidation sites excluding steroid dienone is 2. The molecule has 0 amide bonds. The summed E-state index contributed by atoms with van der Waals surface area (Å²) in [6.07, 6.45) is 5.32. The third-order valence-electron chi connectivity index (χ3n) is 1.88. The molecule has 1 aliphatic heterocycles. The molecule has 0 aromatic carbocycles. The second kappa shape index (κ2) is 4.75. The average Bonchev–Trinajstić information content (AvgIpc) is 2.47. The largest absolute Gasteiger partial charge is 0.340 e. The van der Waals surface area contributed by atoms with Gasteiger partial charge < -0.3 is 9.47 Å². The molecular weight excluding hydrogens is 192 g/mol. The van der Waals surface area contributed by atoms with Gasteiger partial charge in [0.2, 0.25) is 0 Å². The van der Waals surface area contributed by atoms with Gasteiger partial charge in [-0.2, -0.15) is 10.5 Å². The smallest absolute Gasteiger partial charge is 0.164 e. The molecule has 0 aromatic heterocycles. The third-order valence-corrected chi connectivity index (χ3v) is 1.88. The summed E-state index contributed by atoms with van der Waals surface area (Å²) in [4.78, 5) is 0. The summed E-state index contributed by atoms with van der Waals surface area (Å²) in [6.45, 7) is 3.58. The quantitative estimate of drug-likeness (QED) is 0.641. The number of rotatable bonds is 2. The van der Waals surface area contributed by atoms with Crippen LogP contribution in [0.15, 0.2) is 24.3 Å². The molecule has 0 saturated carbocycles. The Labute approximate surface area is 89.0 Å². The molecule has 1 heterocycles. The third kappa shape index (κ3) is 3.21. The number of ether oxygens (including phenoxy) is 2. The van der Waals surface area contributed by atoms with E-state index in [1.54, 1.807) is 26.0 Å². The lowest BCUT2D eigenvalue weighted by atomic mass is 10.2. The van der Waals surface area contributed by atoms with Crippen LogP contribution in [0.5, 0.6) is 0 Å². The molecule has 0 bridgehead atoms. The van der Waals surface area contributed by atoms with Gasteiger partial charge in [0.15, 0.2) is 5.79 Å². The zero-order valence-corrected chi connectivity index (χ0v) is 8.68. The van der Waals surface area contributed by atoms with E-state index in [9.17, 15) is 0 Å². The van der Waals surface area contributed by atoms with Crippen LogP contribution in [0.4, 0.5) is 0 Å². The van der Waals surface area contributed by atoms with Crippen LogP contribution in [0.1, 0.15) is 13.8 Å². The van der Waals surface area contributed by atoms with Crippen molar-refractivity contribution in [2.45, 2.75) is 31.8 Å². The van der Waals surface area contributed by atoms with Gasteiger partial charge in [0, 0.05) is 12.2 Å². The number of hydrogen-bond donors (Lipinski definition) is 0. The average molecular weight is 204 g/mol. The summed E-state index contributed by atoms with van der Waals surface area (Å²) in [5.74, 6) is -0.686. The highest BCUT2D eigenvalue weighted by molar-refractivity contribution is 5.14. The van der Waals surface area contributed by atoms with E-state index in [2.05, 4.69) is 0 Å². The van der Waals surface area contributed by atoms with Gasteiger partial charge in [0.25, 0.3) is 0 Å². The van der Waals surface area contributed by atoms with Gasteiger partial charge in [-0.1, -0.05) is 0 Å². The Bertz CT molecular complexity index is 324. The molecule has 0 spiro atoms. The molecule has 15 heavy (non-hydrogen) atoms. The first-order valence-electron chi connectivity index (χ1n) is 4.57. The van der Waals surface area contributed by atoms with Crippen molar-refractivity contribution in [2.24, 2.45) is 0 Å². The Balaban J connectivity index is 2.76. The van der Waals surface area contributed by atoms with Gasteiger partial charge in [-0.05, 0) is 26.0 Å². The van der Waals surface area contributed by atoms with Gasteiger partial charge in [-0.3, -0.25) is 0 Å². The van der Waals surface area contributed by atoms with Crippen LogP contribution in [-0.2, 0) is 9.47 Å². The summed E-state index contributed by atoms with van der Waals surface area (Å²) < 4.78 is 11.1. The molecule has 4 nitrogen and oxygen atoms in total. The highest BCUT2D eigenvalue weighted by atomic mass is 16.7. The fourth-order valence-corrected chi connectivity index (χ4v) is 1.39. The Morgan fingerprint density at radius 1 is 1.00 bits per heavy atom. The van der Waals surface area contributed by atoms with Crippen LogP contribution in [0.3, 0.4) is 0 Å². The van der Waals surface area contributed by atoms with Crippen LogP contribution >= 0.6 is 0 Å². The molecule has 2 atom stereocenters. The summed E-state index contributed by atoms with van der Waals surface area (Å²) in [5, 5.41) is 16.8. The van der Waals surface area contributed by atoms with Gasteiger partial charge in [0.1, 0.15) is 12.2 Å². The normalized spacial score (nSPS) is 29.3. The lowest BCUT2D eigenvalue weighted by Crippen LogP contribution is -2.20. The van der Waals surface area contributed by atoms with Gasteiger partial charge >= 0.3 is 0 Å². The lowest BCUT2D eigenvalue weighted by molar-refractivity contribution is -0.138. The standard InChI is InChI=1S/C11H12N2O2/c1-11(2)14-9(5-3-7-12)10(15-11)6-4-8-13/h3-6,9-10H,1-2H3/b5-3-,6-4+/t9-,10-/m0/s1. The van der Waals surface area contributed by atoms with Crippen molar-refractivity contribution < 1.29 is 9.47 Å². The van der Waals surface area contributed by atoms with Crippen LogP contribution < -0.4 is 0 Å². The highest BCUT2D eigenvalue weighted by Gasteiger charge is 2.38. The maximum Gasteiger partial charge on any atom is 0.164 e. The minimum atomic E-state index is -0.686. The minimum Gasteiger partial charge on any atom is -0.340 e. The predicted molar refractivity (Wildman–Crippen MR) is 53.3 cm³/mol. The summed E-state index contributed by atoms with van der Waals surface area (Å²) in [7, 11) is 0. The van der Waals surface area contributed by atoms with E-state index < -0.39 is 5.79 Å². The van der Waals surface area contributed by atoms with Gasteiger partial charge in [-0.25, -0.2) is 0 Å². The van der Waals surface area contributed by atoms with E-state index in [1.807, 2.05) is 12.1 Å². The van der Waals surface area contributed by atoms with Gasteiger partial charge in [0.05, 0.1) is 12.1 Å². The van der Waals surface area contributed by atoms with E-state index >= 15 is 0 Å². The Kier molecular flexibility index (Phi) is 3.62. The maximum atomic E-state index is 8.42. The van der Waals surface area contributed by atoms with Crippen LogP contribution in [0.25, 0.3) is 0 Å². The summed E-state index contributed by atoms with van der Waals surface area (Å²) >= 11 is 0. The molecule has 0 aromatic rings. The monoisotopic (exact) mass is 204 g/mol. The molecular formula is C11H12N2O2. The second-order valence-electron chi connectivity index (χ2n) is 3.54. The first kappa shape index (κ1) is 11.5. The Hall–Kier alpha value is -1.62. The van der Waals surface area contributed by atoms with Gasteiger partial charge in [-0.15, -0.1) is 0 Å². The SMILES string of the molecule is CC1(C)O[C@@H](/C=C\C#N)[C@H](/C=C/C#N)O1. The fourth-order valence-electron chi connectivity index (χ4n) is 1.39. The topological polar surface area (TPSA) is 66.0 Å². The van der Waals surface area contributed by atoms with Crippen molar-refractivity contribution in [3.8, 4) is 12.1 Å². The highest BCUT2D eigenvalue weighted by Crippen LogP contribution is 2.29. The fraction of sp³-hybridized carbons (Fsp3) is 0.455. The molecule has 0 radical (unpaired) electrons. The number of hydrogen-bond acceptors (Lipinski definition) is 4. The van der Waals surface area contributed by atoms with E-state index in [0.717, 1.165) is 0 Å². The van der Waals surface area contributed by atoms with Crippen molar-refractivity contribution in [1.29, 1.82) is 10.5 Å². The van der Waals surface area contributed by atoms with Crippen molar-refractivity contribution in [3.05, 3.63) is 24.3 Å². The van der Waals surface area contributed by atoms with E-state index in [0.29, 0.717) is 0 Å². The molecule has 4 heteroatoms. The number of nitrogens with zero attached hydrogens (tertiary/aromatic N) is 2. The zero-order chi connectivity index (χ0) is 11.3. The molecule has 1 fully saturated rings. The molecule has 78 valence electrons. The molecule has 0 N–H and O–H groups in total. The van der Waals surface area contributed by atoms with Crippen LogP contribution in [0, 0.1) is 22.7 Å². The maximum absolute atomic E-state index is 8.42. The van der Waals surface area contributed by atoms with E-state index in [-0.39, 0.29) is 12.2 Å². The van der Waals surface area contributed by atoms with Crippen molar-refractivity contribution >= 4 is 0 Å². The van der Waals surface area contributed by atoms with E-state index in [4.69, 9.17) is 20.0 Å². The van der Waals surface area contributed by atoms with E-state index in [1.165, 1.54) is 12.2 Å². The first-order valence-corrected chi connectivity index (χ1v) is 4.57. The van der Waals surface area contributed by atoms with Crippen molar-refractivity contribution in [2.75, 3.05) is 0 Å². The summed E-state index contributed by atoms with van der Waals surface area (Å²) in [6, 6.07) is 3.79. The molecule has 0 unspecified atom stereocenters. The first-order chi connectivity index (χ1) is 7.09. The lowest BCUT2D eigenvalue weighted by Gasteiger charge is -2.15. The zero-order valence-electron chi connectivity index (χ0n) is 8.68. The second-order valence-corrected chi connectivity index (χ2v) is 3.54. The summed E-state index contributed by atoms with van der Waals surface area (Å²) in [5.41, 5.74) is 0. The Morgan fingerprint density at radius 3 is 1.73 bits per heavy atom. The van der Waals surface area contributed by atoms with Crippen LogP contribution in [0.2, 0.25) is 0 Å².